The molecule has 23 heavy (non-hydrogen) atoms. The van der Waals surface area contributed by atoms with E-state index in [0.29, 0.717) is 4.59 Å². The molecule has 118 valence electrons. The summed E-state index contributed by atoms with van der Waals surface area (Å²) in [5, 5.41) is 2.34. The molecule has 1 atom stereocenters. The number of quaternary nitrogens is 1. The minimum atomic E-state index is 0.486. The molecule has 3 heterocycles. The van der Waals surface area contributed by atoms with Crippen LogP contribution in [0.4, 0.5) is 0 Å². The molecule has 3 aliphatic heterocycles. The summed E-state index contributed by atoms with van der Waals surface area (Å²) in [6.07, 6.45) is 7.86. The Morgan fingerprint density at radius 1 is 1.26 bits per heavy atom. The molecule has 0 radical (unpaired) electrons. The number of fused-ring (bicyclic) bond motifs is 1. The van der Waals surface area contributed by atoms with E-state index in [-0.39, 0.29) is 0 Å². The summed E-state index contributed by atoms with van der Waals surface area (Å²) in [5.74, 6) is 0.827. The molecule has 1 aromatic carbocycles. The zero-order valence-corrected chi connectivity index (χ0v) is 13.1. The zero-order chi connectivity index (χ0) is 15.7. The monoisotopic (exact) mass is 311 g/mol. The Kier molecular flexibility index (Phi) is 3.57. The minimum absolute atomic E-state index is 0.486. The highest BCUT2D eigenvalue weighted by Crippen LogP contribution is 2.33. The summed E-state index contributed by atoms with van der Waals surface area (Å²) in [5.41, 5.74) is 3.00. The van der Waals surface area contributed by atoms with E-state index in [1.165, 1.54) is 0 Å². The van der Waals surface area contributed by atoms with Crippen LogP contribution in [-0.4, -0.2) is 55.6 Å². The Balaban J connectivity index is 1.75. The van der Waals surface area contributed by atoms with Crippen molar-refractivity contribution in [2.75, 3.05) is 33.4 Å². The molecule has 1 fully saturated rings. The first-order valence-electron chi connectivity index (χ1n) is 7.70. The van der Waals surface area contributed by atoms with Gasteiger partial charge in [0.15, 0.2) is 11.9 Å². The van der Waals surface area contributed by atoms with Crippen LogP contribution in [0.2, 0.25) is 0 Å². The number of aliphatic imine (C=N–C) groups is 2. The molecule has 0 aromatic heterocycles. The van der Waals surface area contributed by atoms with Crippen LogP contribution in [0.15, 0.2) is 52.3 Å². The van der Waals surface area contributed by atoms with Crippen LogP contribution in [0.1, 0.15) is 5.56 Å². The maximum atomic E-state index is 5.49. The lowest BCUT2D eigenvalue weighted by Crippen LogP contribution is -2.58. The van der Waals surface area contributed by atoms with Crippen LogP contribution < -0.4 is 4.74 Å². The second kappa shape index (κ2) is 5.73. The first-order valence-corrected chi connectivity index (χ1v) is 7.70. The first-order chi connectivity index (χ1) is 11.3. The van der Waals surface area contributed by atoms with Crippen LogP contribution >= 0.6 is 0 Å². The standard InChI is InChI=1S/C17H19N4O2/c1-22-16-4-2-3-14(9-16)17-12-21(20-5-7-23-8-6-20)13-18-10-15(21)11-19-17/h2-4,9-13H,5-8H2,1H3/q+1. The van der Waals surface area contributed by atoms with E-state index >= 15 is 0 Å². The third-order valence-corrected chi connectivity index (χ3v) is 4.34. The Labute approximate surface area is 135 Å². The fraction of sp³-hybridized carbons (Fsp3) is 0.294. The number of nitrogens with zero attached hydrogens (tertiary/aromatic N) is 4. The second-order valence-electron chi connectivity index (χ2n) is 5.63. The van der Waals surface area contributed by atoms with Gasteiger partial charge in [-0.05, 0) is 12.1 Å². The fourth-order valence-electron chi connectivity index (χ4n) is 3.09. The number of allylic oxidation sites excluding steroid dienone is 1. The first kappa shape index (κ1) is 14.3. The summed E-state index contributed by atoms with van der Waals surface area (Å²) >= 11 is 0. The normalized spacial score (nSPS) is 26.7. The van der Waals surface area contributed by atoms with Crippen molar-refractivity contribution in [1.82, 2.24) is 5.01 Å². The van der Waals surface area contributed by atoms with Gasteiger partial charge in [0.05, 0.1) is 45.8 Å². The van der Waals surface area contributed by atoms with Crippen molar-refractivity contribution in [3.05, 3.63) is 47.9 Å². The summed E-state index contributed by atoms with van der Waals surface area (Å²) in [6, 6.07) is 7.96. The molecule has 0 bridgehead atoms. The molecule has 0 spiro atoms. The molecular weight excluding hydrogens is 292 g/mol. The fourth-order valence-corrected chi connectivity index (χ4v) is 3.09. The van der Waals surface area contributed by atoms with E-state index in [1.807, 2.05) is 43.0 Å². The molecule has 1 aromatic rings. The molecule has 1 saturated heterocycles. The van der Waals surface area contributed by atoms with E-state index in [9.17, 15) is 0 Å². The topological polar surface area (TPSA) is 46.4 Å². The quantitative estimate of drug-likeness (QED) is 0.803. The van der Waals surface area contributed by atoms with Crippen LogP contribution in [0, 0.1) is 0 Å². The van der Waals surface area contributed by atoms with Gasteiger partial charge in [0.1, 0.15) is 11.4 Å². The van der Waals surface area contributed by atoms with Gasteiger partial charge in [-0.25, -0.2) is 9.98 Å². The molecular formula is C17H19N4O2+. The number of rotatable bonds is 3. The smallest absolute Gasteiger partial charge is 0.220 e. The molecule has 6 heteroatoms. The SMILES string of the molecule is COc1cccc(C2=C[N+]3(N4CCOCC4)C=NC=C3C=N2)c1. The number of hydrogen-bond donors (Lipinski definition) is 0. The van der Waals surface area contributed by atoms with Crippen molar-refractivity contribution < 1.29 is 14.1 Å². The number of hydrogen-bond acceptors (Lipinski definition) is 5. The lowest BCUT2D eigenvalue weighted by molar-refractivity contribution is -0.868. The molecule has 0 N–H and O–H groups in total. The van der Waals surface area contributed by atoms with Crippen molar-refractivity contribution in [3.63, 3.8) is 0 Å². The Morgan fingerprint density at radius 3 is 2.96 bits per heavy atom. The molecule has 3 aliphatic rings. The predicted molar refractivity (Wildman–Crippen MR) is 88.7 cm³/mol. The van der Waals surface area contributed by atoms with Crippen molar-refractivity contribution >= 4 is 18.3 Å². The van der Waals surface area contributed by atoms with E-state index in [4.69, 9.17) is 9.47 Å². The van der Waals surface area contributed by atoms with Crippen LogP contribution in [0.5, 0.6) is 5.75 Å². The number of methoxy groups -OCH3 is 1. The maximum Gasteiger partial charge on any atom is 0.220 e. The highest BCUT2D eigenvalue weighted by molar-refractivity contribution is 5.88. The van der Waals surface area contributed by atoms with Gasteiger partial charge < -0.3 is 9.47 Å². The van der Waals surface area contributed by atoms with E-state index in [0.717, 1.165) is 49.0 Å². The van der Waals surface area contributed by atoms with Crippen molar-refractivity contribution in [2.24, 2.45) is 9.98 Å². The van der Waals surface area contributed by atoms with Crippen molar-refractivity contribution in [3.8, 4) is 5.75 Å². The highest BCUT2D eigenvalue weighted by atomic mass is 16.5. The largest absolute Gasteiger partial charge is 0.497 e. The molecule has 1 unspecified atom stereocenters. The van der Waals surface area contributed by atoms with Gasteiger partial charge >= 0.3 is 0 Å². The van der Waals surface area contributed by atoms with Gasteiger partial charge in [0.2, 0.25) is 6.34 Å². The Morgan fingerprint density at radius 2 is 2.13 bits per heavy atom. The lowest BCUT2D eigenvalue weighted by Gasteiger charge is -2.40. The third-order valence-electron chi connectivity index (χ3n) is 4.34. The summed E-state index contributed by atoms with van der Waals surface area (Å²) in [4.78, 5) is 9.00. The van der Waals surface area contributed by atoms with Gasteiger partial charge in [-0.15, -0.1) is 9.60 Å². The molecule has 4 rings (SSSR count). The van der Waals surface area contributed by atoms with Gasteiger partial charge in [-0.1, -0.05) is 12.1 Å². The van der Waals surface area contributed by atoms with Gasteiger partial charge in [0.25, 0.3) is 0 Å². The molecule has 0 saturated carbocycles. The lowest BCUT2D eigenvalue weighted by atomic mass is 10.1. The number of morpholine rings is 1. The van der Waals surface area contributed by atoms with Crippen LogP contribution in [0.25, 0.3) is 5.70 Å². The highest BCUT2D eigenvalue weighted by Gasteiger charge is 2.43. The Bertz CT molecular complexity index is 732. The molecule has 0 amide bonds. The second-order valence-corrected chi connectivity index (χ2v) is 5.63. The van der Waals surface area contributed by atoms with E-state index in [1.54, 1.807) is 7.11 Å². The summed E-state index contributed by atoms with van der Waals surface area (Å²) in [6.45, 7) is 3.19. The predicted octanol–water partition coefficient (Wildman–Crippen LogP) is 2.03. The Hall–Kier alpha value is -2.28. The van der Waals surface area contributed by atoms with Crippen molar-refractivity contribution in [2.45, 2.75) is 0 Å². The van der Waals surface area contributed by atoms with Gasteiger partial charge in [-0.2, -0.15) is 0 Å². The van der Waals surface area contributed by atoms with Gasteiger partial charge in [-0.3, -0.25) is 0 Å². The average Bonchev–Trinajstić information content (AvgIpc) is 3.07. The maximum absolute atomic E-state index is 5.49. The zero-order valence-electron chi connectivity index (χ0n) is 13.1. The number of ether oxygens (including phenoxy) is 2. The molecule has 0 aliphatic carbocycles. The summed E-state index contributed by atoms with van der Waals surface area (Å²) < 4.78 is 11.3. The van der Waals surface area contributed by atoms with E-state index < -0.39 is 0 Å². The number of benzene rings is 1. The van der Waals surface area contributed by atoms with Crippen molar-refractivity contribution in [1.29, 1.82) is 0 Å². The van der Waals surface area contributed by atoms with Crippen LogP contribution in [0.3, 0.4) is 0 Å². The average molecular weight is 311 g/mol. The third kappa shape index (κ3) is 2.41. The minimum Gasteiger partial charge on any atom is -0.497 e. The van der Waals surface area contributed by atoms with Gasteiger partial charge in [0, 0.05) is 5.56 Å². The van der Waals surface area contributed by atoms with E-state index in [2.05, 4.69) is 21.2 Å². The van der Waals surface area contributed by atoms with Crippen LogP contribution in [-0.2, 0) is 4.74 Å². The molecule has 6 nitrogen and oxygen atoms in total. The summed E-state index contributed by atoms with van der Waals surface area (Å²) in [7, 11) is 1.67.